The zero-order valence-electron chi connectivity index (χ0n) is 17.2. The summed E-state index contributed by atoms with van der Waals surface area (Å²) in [5, 5.41) is 14.7. The van der Waals surface area contributed by atoms with Gasteiger partial charge in [0.15, 0.2) is 6.04 Å². The predicted octanol–water partition coefficient (Wildman–Crippen LogP) is 5.72. The number of nitrogens with zero attached hydrogens (tertiary/aromatic N) is 1. The summed E-state index contributed by atoms with van der Waals surface area (Å²) in [6, 6.07) is 11.4. The van der Waals surface area contributed by atoms with E-state index in [1.54, 1.807) is 12.1 Å². The Bertz CT molecular complexity index is 923. The Morgan fingerprint density at radius 2 is 1.77 bits per heavy atom. The van der Waals surface area contributed by atoms with E-state index in [0.717, 1.165) is 36.0 Å². The van der Waals surface area contributed by atoms with Crippen molar-refractivity contribution in [3.05, 3.63) is 65.5 Å². The Morgan fingerprint density at radius 1 is 1.06 bits per heavy atom. The minimum Gasteiger partial charge on any atom is -0.351 e. The number of benzene rings is 2. The van der Waals surface area contributed by atoms with E-state index in [1.807, 2.05) is 12.1 Å². The van der Waals surface area contributed by atoms with E-state index in [2.05, 4.69) is 5.32 Å². The molecule has 4 nitrogen and oxygen atoms in total. The molecule has 0 heterocycles. The van der Waals surface area contributed by atoms with Gasteiger partial charge in [0, 0.05) is 18.9 Å². The van der Waals surface area contributed by atoms with Gasteiger partial charge in [0.2, 0.25) is 11.8 Å². The van der Waals surface area contributed by atoms with Crippen molar-refractivity contribution in [3.63, 3.8) is 0 Å². The average molecular weight is 432 g/mol. The number of hydrogen-bond donors (Lipinski definition) is 2. The van der Waals surface area contributed by atoms with E-state index in [0.29, 0.717) is 11.5 Å². The third kappa shape index (κ3) is 4.87. The Morgan fingerprint density at radius 3 is 2.42 bits per heavy atom. The molecule has 1 atom stereocenters. The molecule has 2 saturated carbocycles. The van der Waals surface area contributed by atoms with Crippen LogP contribution in [0.4, 0.5) is 18.9 Å². The van der Waals surface area contributed by atoms with Crippen LogP contribution in [-0.4, -0.2) is 23.1 Å². The van der Waals surface area contributed by atoms with Crippen LogP contribution < -0.4 is 10.4 Å². The Hall–Kier alpha value is -2.54. The van der Waals surface area contributed by atoms with Gasteiger partial charge in [-0.15, -0.1) is 0 Å². The number of carbonyl (C=O) groups is 1. The highest BCUT2D eigenvalue weighted by atomic mass is 19.3. The number of hydrogen-bond acceptors (Lipinski definition) is 3. The number of rotatable bonds is 6. The van der Waals surface area contributed by atoms with Crippen molar-refractivity contribution in [2.24, 2.45) is 0 Å². The summed E-state index contributed by atoms with van der Waals surface area (Å²) in [4.78, 5) is 13.4. The predicted molar refractivity (Wildman–Crippen MR) is 112 cm³/mol. The molecule has 0 aromatic heterocycles. The van der Waals surface area contributed by atoms with Crippen LogP contribution in [0, 0.1) is 5.82 Å². The molecule has 0 saturated heterocycles. The van der Waals surface area contributed by atoms with Gasteiger partial charge in [-0.1, -0.05) is 36.8 Å². The summed E-state index contributed by atoms with van der Waals surface area (Å²) in [6.07, 6.45) is 2.95. The molecule has 1 amide bonds. The van der Waals surface area contributed by atoms with Gasteiger partial charge in [0.1, 0.15) is 5.82 Å². The maximum Gasteiger partial charge on any atom is 0.250 e. The number of hydroxylamine groups is 1. The van der Waals surface area contributed by atoms with Gasteiger partial charge in [-0.25, -0.2) is 18.2 Å². The molecule has 0 aliphatic heterocycles. The SMILES string of the molecule is O=C(NC1CCC(F)(F)CC1)[C@H](c1ccccc1C1CCC1)N(O)c1cccc(F)c1. The number of halogens is 3. The van der Waals surface area contributed by atoms with Gasteiger partial charge in [0.05, 0.1) is 5.69 Å². The van der Waals surface area contributed by atoms with E-state index in [-0.39, 0.29) is 37.4 Å². The molecule has 7 heteroatoms. The second-order valence-corrected chi connectivity index (χ2v) is 8.62. The molecular formula is C24H27F3N2O2. The second-order valence-electron chi connectivity index (χ2n) is 8.62. The van der Waals surface area contributed by atoms with Gasteiger partial charge >= 0.3 is 0 Å². The molecule has 0 unspecified atom stereocenters. The molecule has 0 spiro atoms. The monoisotopic (exact) mass is 432 g/mol. The van der Waals surface area contributed by atoms with E-state index >= 15 is 0 Å². The highest BCUT2D eigenvalue weighted by Crippen LogP contribution is 2.41. The highest BCUT2D eigenvalue weighted by Gasteiger charge is 2.38. The minimum atomic E-state index is -2.69. The molecule has 2 aromatic rings. The van der Waals surface area contributed by atoms with Crippen molar-refractivity contribution in [1.29, 1.82) is 0 Å². The molecule has 4 rings (SSSR count). The molecule has 2 N–H and O–H groups in total. The zero-order valence-corrected chi connectivity index (χ0v) is 17.2. The first-order valence-electron chi connectivity index (χ1n) is 10.8. The summed E-state index contributed by atoms with van der Waals surface area (Å²) in [6.45, 7) is 0. The molecule has 2 aliphatic rings. The average Bonchev–Trinajstić information content (AvgIpc) is 2.70. The van der Waals surface area contributed by atoms with Crippen LogP contribution in [0.1, 0.15) is 68.0 Å². The summed E-state index contributed by atoms with van der Waals surface area (Å²) >= 11 is 0. The highest BCUT2D eigenvalue weighted by molar-refractivity contribution is 5.87. The van der Waals surface area contributed by atoms with Crippen LogP contribution in [0.15, 0.2) is 48.5 Å². The van der Waals surface area contributed by atoms with Gasteiger partial charge in [0.25, 0.3) is 0 Å². The minimum absolute atomic E-state index is 0.152. The summed E-state index contributed by atoms with van der Waals surface area (Å²) in [5.41, 5.74) is 1.79. The van der Waals surface area contributed by atoms with E-state index in [9.17, 15) is 23.2 Å². The van der Waals surface area contributed by atoms with Crippen LogP contribution in [-0.2, 0) is 4.79 Å². The van der Waals surface area contributed by atoms with Gasteiger partial charge < -0.3 is 5.32 Å². The normalized spacial score (nSPS) is 20.0. The Kier molecular flexibility index (Phi) is 6.23. The number of anilines is 1. The fourth-order valence-corrected chi connectivity index (χ4v) is 4.47. The lowest BCUT2D eigenvalue weighted by molar-refractivity contribution is -0.125. The Labute approximate surface area is 180 Å². The third-order valence-electron chi connectivity index (χ3n) is 6.46. The number of nitrogens with one attached hydrogen (secondary N) is 1. The lowest BCUT2D eigenvalue weighted by Gasteiger charge is -2.35. The first-order valence-corrected chi connectivity index (χ1v) is 10.8. The van der Waals surface area contributed by atoms with E-state index < -0.39 is 23.7 Å². The van der Waals surface area contributed by atoms with Crippen LogP contribution >= 0.6 is 0 Å². The van der Waals surface area contributed by atoms with Gasteiger partial charge in [-0.05, 0) is 60.9 Å². The smallest absolute Gasteiger partial charge is 0.250 e. The van der Waals surface area contributed by atoms with Gasteiger partial charge in [-0.2, -0.15) is 0 Å². The molecule has 2 fully saturated rings. The van der Waals surface area contributed by atoms with Crippen molar-refractivity contribution in [2.75, 3.05) is 5.06 Å². The van der Waals surface area contributed by atoms with Crippen molar-refractivity contribution < 1.29 is 23.2 Å². The van der Waals surface area contributed by atoms with E-state index in [1.165, 1.54) is 18.2 Å². The number of alkyl halides is 2. The number of carbonyl (C=O) groups excluding carboxylic acids is 1. The topological polar surface area (TPSA) is 52.6 Å². The molecule has 2 aromatic carbocycles. The molecule has 0 radical (unpaired) electrons. The van der Waals surface area contributed by atoms with Crippen molar-refractivity contribution in [3.8, 4) is 0 Å². The lowest BCUT2D eigenvalue weighted by Crippen LogP contribution is -2.46. The van der Waals surface area contributed by atoms with Crippen LogP contribution in [0.3, 0.4) is 0 Å². The van der Waals surface area contributed by atoms with Gasteiger partial charge in [-0.3, -0.25) is 10.0 Å². The zero-order chi connectivity index (χ0) is 22.0. The number of amides is 1. The summed E-state index contributed by atoms with van der Waals surface area (Å²) in [5.74, 6) is -3.39. The second kappa shape index (κ2) is 8.91. The molecule has 0 bridgehead atoms. The molecule has 166 valence electrons. The first-order chi connectivity index (χ1) is 14.8. The first kappa shape index (κ1) is 21.7. The van der Waals surface area contributed by atoms with Crippen LogP contribution in [0.25, 0.3) is 0 Å². The van der Waals surface area contributed by atoms with Crippen molar-refractivity contribution in [1.82, 2.24) is 5.32 Å². The van der Waals surface area contributed by atoms with Crippen LogP contribution in [0.5, 0.6) is 0 Å². The lowest BCUT2D eigenvalue weighted by atomic mass is 9.77. The van der Waals surface area contributed by atoms with E-state index in [4.69, 9.17) is 0 Å². The van der Waals surface area contributed by atoms with Crippen molar-refractivity contribution >= 4 is 11.6 Å². The maximum absolute atomic E-state index is 13.8. The molecule has 31 heavy (non-hydrogen) atoms. The fourth-order valence-electron chi connectivity index (χ4n) is 4.47. The third-order valence-corrected chi connectivity index (χ3v) is 6.46. The molecular weight excluding hydrogens is 405 g/mol. The quantitative estimate of drug-likeness (QED) is 0.574. The van der Waals surface area contributed by atoms with Crippen LogP contribution in [0.2, 0.25) is 0 Å². The van der Waals surface area contributed by atoms with Crippen molar-refractivity contribution in [2.45, 2.75) is 68.9 Å². The fraction of sp³-hybridized carbons (Fsp3) is 0.458. The standard InChI is InChI=1S/C24H27F3N2O2/c25-17-7-4-8-19(15-17)29(31)22(21-10-2-1-9-20(21)16-5-3-6-16)23(30)28-18-11-13-24(26,27)14-12-18/h1-2,4,7-10,15-16,18,22,31H,3,5-6,11-14H2,(H,28,30)/t22-/m0/s1. The summed E-state index contributed by atoms with van der Waals surface area (Å²) in [7, 11) is 0. The Balaban J connectivity index is 1.64. The molecule has 2 aliphatic carbocycles. The summed E-state index contributed by atoms with van der Waals surface area (Å²) < 4.78 is 40.8. The largest absolute Gasteiger partial charge is 0.351 e. The maximum atomic E-state index is 13.8.